The van der Waals surface area contributed by atoms with E-state index in [0.29, 0.717) is 16.1 Å². The minimum absolute atomic E-state index is 0.141. The molecule has 2 aromatic rings. The molecule has 1 amide bonds. The van der Waals surface area contributed by atoms with Crippen molar-refractivity contribution in [2.75, 3.05) is 19.0 Å². The Morgan fingerprint density at radius 2 is 1.96 bits per heavy atom. The summed E-state index contributed by atoms with van der Waals surface area (Å²) in [7, 11) is 1.25. The quantitative estimate of drug-likeness (QED) is 0.793. The molecule has 0 atom stereocenters. The van der Waals surface area contributed by atoms with Gasteiger partial charge in [0.1, 0.15) is 9.88 Å². The van der Waals surface area contributed by atoms with Crippen molar-refractivity contribution in [1.29, 1.82) is 0 Å². The SMILES string of the molecule is CCOC(=O)c1c(NC(=O)c2cccc(Cl)c2)sc(C(=O)OC)c1C. The topological polar surface area (TPSA) is 81.7 Å². The van der Waals surface area contributed by atoms with E-state index in [4.69, 9.17) is 21.1 Å². The van der Waals surface area contributed by atoms with Crippen LogP contribution in [0.15, 0.2) is 24.3 Å². The van der Waals surface area contributed by atoms with Crippen LogP contribution in [0.2, 0.25) is 5.02 Å². The number of carbonyl (C=O) groups is 3. The number of thiophene rings is 1. The van der Waals surface area contributed by atoms with E-state index in [0.717, 1.165) is 11.3 Å². The van der Waals surface area contributed by atoms with Crippen molar-refractivity contribution < 1.29 is 23.9 Å². The monoisotopic (exact) mass is 381 g/mol. The Kier molecular flexibility index (Phi) is 6.17. The van der Waals surface area contributed by atoms with Crippen molar-refractivity contribution in [3.8, 4) is 0 Å². The summed E-state index contributed by atoms with van der Waals surface area (Å²) in [5, 5.41) is 3.28. The summed E-state index contributed by atoms with van der Waals surface area (Å²) in [6, 6.07) is 6.38. The molecule has 0 unspecified atom stereocenters. The molecule has 1 aromatic carbocycles. The Bertz CT molecular complexity index is 830. The second kappa shape index (κ2) is 8.13. The highest BCUT2D eigenvalue weighted by molar-refractivity contribution is 7.18. The zero-order valence-corrected chi connectivity index (χ0v) is 15.4. The van der Waals surface area contributed by atoms with E-state index in [1.54, 1.807) is 32.0 Å². The molecule has 6 nitrogen and oxygen atoms in total. The summed E-state index contributed by atoms with van der Waals surface area (Å²) in [5.74, 6) is -1.66. The lowest BCUT2D eigenvalue weighted by Gasteiger charge is -2.07. The van der Waals surface area contributed by atoms with Crippen LogP contribution in [0.3, 0.4) is 0 Å². The Hall–Kier alpha value is -2.38. The van der Waals surface area contributed by atoms with Crippen molar-refractivity contribution in [2.45, 2.75) is 13.8 Å². The summed E-state index contributed by atoms with van der Waals surface area (Å²) < 4.78 is 9.75. The first-order valence-corrected chi connectivity index (χ1v) is 8.54. The van der Waals surface area contributed by atoms with Crippen molar-refractivity contribution in [3.63, 3.8) is 0 Å². The highest BCUT2D eigenvalue weighted by Gasteiger charge is 2.27. The fraction of sp³-hybridized carbons (Fsp3) is 0.235. The van der Waals surface area contributed by atoms with Crippen LogP contribution in [0.4, 0.5) is 5.00 Å². The van der Waals surface area contributed by atoms with Crippen LogP contribution in [-0.4, -0.2) is 31.6 Å². The summed E-state index contributed by atoms with van der Waals surface area (Å²) in [5.41, 5.74) is 0.868. The van der Waals surface area contributed by atoms with Crippen LogP contribution in [0.25, 0.3) is 0 Å². The molecular formula is C17H16ClNO5S. The minimum atomic E-state index is -0.618. The number of ether oxygens (including phenoxy) is 2. The lowest BCUT2D eigenvalue weighted by Crippen LogP contribution is -2.15. The van der Waals surface area contributed by atoms with E-state index in [1.165, 1.54) is 13.2 Å². The number of esters is 2. The van der Waals surface area contributed by atoms with Crippen molar-refractivity contribution in [3.05, 3.63) is 50.9 Å². The lowest BCUT2D eigenvalue weighted by molar-refractivity contribution is 0.0527. The zero-order valence-electron chi connectivity index (χ0n) is 13.8. The van der Waals surface area contributed by atoms with E-state index >= 15 is 0 Å². The van der Waals surface area contributed by atoms with E-state index in [1.807, 2.05) is 0 Å². The van der Waals surface area contributed by atoms with E-state index in [2.05, 4.69) is 5.32 Å². The number of amides is 1. The Balaban J connectivity index is 2.43. The van der Waals surface area contributed by atoms with E-state index in [-0.39, 0.29) is 22.0 Å². The predicted molar refractivity (Wildman–Crippen MR) is 95.8 cm³/mol. The molecular weight excluding hydrogens is 366 g/mol. The average molecular weight is 382 g/mol. The van der Waals surface area contributed by atoms with Gasteiger partial charge in [-0.05, 0) is 37.6 Å². The van der Waals surface area contributed by atoms with Crippen LogP contribution in [0, 0.1) is 6.92 Å². The highest BCUT2D eigenvalue weighted by Crippen LogP contribution is 2.34. The van der Waals surface area contributed by atoms with Gasteiger partial charge in [0.15, 0.2) is 0 Å². The molecule has 0 fully saturated rings. The van der Waals surface area contributed by atoms with Gasteiger partial charge in [-0.15, -0.1) is 11.3 Å². The predicted octanol–water partition coefficient (Wildman–Crippen LogP) is 3.93. The van der Waals surface area contributed by atoms with Gasteiger partial charge in [0, 0.05) is 10.6 Å². The number of benzene rings is 1. The normalized spacial score (nSPS) is 10.2. The fourth-order valence-electron chi connectivity index (χ4n) is 2.14. The van der Waals surface area contributed by atoms with Gasteiger partial charge in [0.05, 0.1) is 19.3 Å². The standard InChI is InChI=1S/C17H16ClNO5S/c1-4-24-16(21)12-9(2)13(17(22)23-3)25-15(12)19-14(20)10-6-5-7-11(18)8-10/h5-8H,4H2,1-3H3,(H,19,20). The molecule has 0 aliphatic carbocycles. The number of halogens is 1. The van der Waals surface area contributed by atoms with Crippen molar-refractivity contribution in [1.82, 2.24) is 0 Å². The minimum Gasteiger partial charge on any atom is -0.465 e. The number of carbonyl (C=O) groups excluding carboxylic acids is 3. The lowest BCUT2D eigenvalue weighted by atomic mass is 10.1. The second-order valence-corrected chi connectivity index (χ2v) is 6.39. The second-order valence-electron chi connectivity index (χ2n) is 4.94. The molecule has 0 spiro atoms. The van der Waals surface area contributed by atoms with Gasteiger partial charge in [0.2, 0.25) is 0 Å². The van der Waals surface area contributed by atoms with Gasteiger partial charge in [-0.2, -0.15) is 0 Å². The molecule has 25 heavy (non-hydrogen) atoms. The summed E-state index contributed by atoms with van der Waals surface area (Å²) in [6.07, 6.45) is 0. The van der Waals surface area contributed by atoms with Crippen LogP contribution < -0.4 is 5.32 Å². The maximum Gasteiger partial charge on any atom is 0.348 e. The summed E-state index contributed by atoms with van der Waals surface area (Å²) >= 11 is 6.85. The number of hydrogen-bond acceptors (Lipinski definition) is 6. The fourth-order valence-corrected chi connectivity index (χ4v) is 3.44. The molecule has 2 rings (SSSR count). The molecule has 0 aliphatic rings. The molecule has 0 radical (unpaired) electrons. The molecule has 8 heteroatoms. The number of hydrogen-bond donors (Lipinski definition) is 1. The number of methoxy groups -OCH3 is 1. The maximum absolute atomic E-state index is 12.4. The third-order valence-corrected chi connectivity index (χ3v) is 4.73. The molecule has 1 N–H and O–H groups in total. The Labute approximate surface area is 153 Å². The molecule has 0 saturated carbocycles. The maximum atomic E-state index is 12.4. The molecule has 0 saturated heterocycles. The number of rotatable bonds is 5. The van der Waals surface area contributed by atoms with E-state index < -0.39 is 17.8 Å². The Morgan fingerprint density at radius 3 is 2.56 bits per heavy atom. The summed E-state index contributed by atoms with van der Waals surface area (Å²) in [4.78, 5) is 36.8. The first-order chi connectivity index (χ1) is 11.9. The average Bonchev–Trinajstić information content (AvgIpc) is 2.90. The largest absolute Gasteiger partial charge is 0.465 e. The van der Waals surface area contributed by atoms with Gasteiger partial charge in [0.25, 0.3) is 5.91 Å². The van der Waals surface area contributed by atoms with Crippen LogP contribution in [0.5, 0.6) is 0 Å². The first-order valence-electron chi connectivity index (χ1n) is 7.34. The van der Waals surface area contributed by atoms with Gasteiger partial charge in [-0.3, -0.25) is 4.79 Å². The van der Waals surface area contributed by atoms with Gasteiger partial charge in [-0.1, -0.05) is 17.7 Å². The third-order valence-electron chi connectivity index (χ3n) is 3.31. The van der Waals surface area contributed by atoms with Crippen molar-refractivity contribution in [2.24, 2.45) is 0 Å². The van der Waals surface area contributed by atoms with Crippen molar-refractivity contribution >= 4 is 45.8 Å². The molecule has 1 aromatic heterocycles. The van der Waals surface area contributed by atoms with Crippen LogP contribution in [-0.2, 0) is 9.47 Å². The number of nitrogens with one attached hydrogen (secondary N) is 1. The zero-order chi connectivity index (χ0) is 18.6. The van der Waals surface area contributed by atoms with Crippen LogP contribution in [0.1, 0.15) is 42.9 Å². The number of anilines is 1. The summed E-state index contributed by atoms with van der Waals surface area (Å²) in [6.45, 7) is 3.44. The van der Waals surface area contributed by atoms with Gasteiger partial charge < -0.3 is 14.8 Å². The molecule has 0 bridgehead atoms. The van der Waals surface area contributed by atoms with Crippen LogP contribution >= 0.6 is 22.9 Å². The molecule has 1 heterocycles. The first kappa shape index (κ1) is 19.0. The smallest absolute Gasteiger partial charge is 0.348 e. The third kappa shape index (κ3) is 4.18. The van der Waals surface area contributed by atoms with Gasteiger partial charge >= 0.3 is 11.9 Å². The van der Waals surface area contributed by atoms with E-state index in [9.17, 15) is 14.4 Å². The highest BCUT2D eigenvalue weighted by atomic mass is 35.5. The molecule has 0 aliphatic heterocycles. The van der Waals surface area contributed by atoms with Gasteiger partial charge in [-0.25, -0.2) is 9.59 Å². The Morgan fingerprint density at radius 1 is 1.24 bits per heavy atom. The molecule has 132 valence electrons.